The van der Waals surface area contributed by atoms with Crippen molar-refractivity contribution in [1.82, 2.24) is 0 Å². The van der Waals surface area contributed by atoms with Crippen LogP contribution in [0.1, 0.15) is 18.4 Å². The van der Waals surface area contributed by atoms with Crippen LogP contribution < -0.4 is 0 Å². The van der Waals surface area contributed by atoms with E-state index in [1.165, 1.54) is 7.11 Å². The van der Waals surface area contributed by atoms with Crippen LogP contribution in [0.3, 0.4) is 0 Å². The predicted octanol–water partition coefficient (Wildman–Crippen LogP) is 1.60. The van der Waals surface area contributed by atoms with E-state index in [0.29, 0.717) is 0 Å². The fraction of sp³-hybridized carbons (Fsp3) is 0.364. The lowest BCUT2D eigenvalue weighted by Gasteiger charge is -2.12. The third kappa shape index (κ3) is 1.25. The molecule has 3 nitrogen and oxygen atoms in total. The van der Waals surface area contributed by atoms with Crippen molar-refractivity contribution in [2.24, 2.45) is 0 Å². The molecule has 3 heteroatoms. The molecule has 1 saturated carbocycles. The number of phenolic OH excluding ortho intramolecular Hbond substituents is 1. The number of carbonyl (C=O) groups is 1. The van der Waals surface area contributed by atoms with Gasteiger partial charge in [0.1, 0.15) is 5.75 Å². The van der Waals surface area contributed by atoms with E-state index in [1.54, 1.807) is 18.2 Å². The Morgan fingerprint density at radius 2 is 2.21 bits per heavy atom. The highest BCUT2D eigenvalue weighted by Gasteiger charge is 2.52. The van der Waals surface area contributed by atoms with Crippen LogP contribution in [0, 0.1) is 0 Å². The number of phenols is 1. The molecule has 0 aliphatic heterocycles. The Labute approximate surface area is 82.3 Å². The lowest BCUT2D eigenvalue weighted by atomic mass is 9.96. The van der Waals surface area contributed by atoms with Crippen LogP contribution in [0.15, 0.2) is 24.3 Å². The van der Waals surface area contributed by atoms with Gasteiger partial charge in [0.25, 0.3) is 0 Å². The molecule has 0 atom stereocenters. The first kappa shape index (κ1) is 9.06. The molecule has 14 heavy (non-hydrogen) atoms. The van der Waals surface area contributed by atoms with Crippen molar-refractivity contribution >= 4 is 5.97 Å². The number of methoxy groups -OCH3 is 1. The molecule has 2 rings (SSSR count). The number of hydrogen-bond donors (Lipinski definition) is 1. The van der Waals surface area contributed by atoms with E-state index >= 15 is 0 Å². The van der Waals surface area contributed by atoms with Gasteiger partial charge in [-0.05, 0) is 30.5 Å². The number of aromatic hydroxyl groups is 1. The van der Waals surface area contributed by atoms with Gasteiger partial charge >= 0.3 is 5.97 Å². The number of carbonyl (C=O) groups excluding carboxylic acids is 1. The van der Waals surface area contributed by atoms with Crippen LogP contribution in [0.5, 0.6) is 5.75 Å². The van der Waals surface area contributed by atoms with Gasteiger partial charge in [-0.15, -0.1) is 0 Å². The molecule has 74 valence electrons. The second kappa shape index (κ2) is 3.01. The zero-order valence-electron chi connectivity index (χ0n) is 7.99. The summed E-state index contributed by atoms with van der Waals surface area (Å²) in [6, 6.07) is 6.82. The van der Waals surface area contributed by atoms with Crippen LogP contribution in [0.25, 0.3) is 0 Å². The highest BCUT2D eigenvalue weighted by atomic mass is 16.5. The Hall–Kier alpha value is -1.51. The minimum absolute atomic E-state index is 0.192. The van der Waals surface area contributed by atoms with E-state index < -0.39 is 5.41 Å². The van der Waals surface area contributed by atoms with Gasteiger partial charge in [0.15, 0.2) is 0 Å². The Morgan fingerprint density at radius 3 is 2.71 bits per heavy atom. The van der Waals surface area contributed by atoms with Gasteiger partial charge in [-0.2, -0.15) is 0 Å². The summed E-state index contributed by atoms with van der Waals surface area (Å²) in [4.78, 5) is 11.5. The third-order valence-electron chi connectivity index (χ3n) is 2.72. The molecule has 0 saturated heterocycles. The molecular weight excluding hydrogens is 180 g/mol. The molecule has 0 radical (unpaired) electrons. The summed E-state index contributed by atoms with van der Waals surface area (Å²) < 4.78 is 4.75. The number of rotatable bonds is 2. The Morgan fingerprint density at radius 1 is 1.50 bits per heavy atom. The van der Waals surface area contributed by atoms with E-state index in [0.717, 1.165) is 18.4 Å². The van der Waals surface area contributed by atoms with Gasteiger partial charge in [-0.25, -0.2) is 0 Å². The molecule has 1 aromatic carbocycles. The SMILES string of the molecule is COC(=O)C1(c2cccc(O)c2)CC1. The molecular formula is C11H12O3. The molecule has 0 heterocycles. The normalized spacial score (nSPS) is 17.5. The molecule has 0 amide bonds. The highest BCUT2D eigenvalue weighted by Crippen LogP contribution is 2.49. The first-order valence-electron chi connectivity index (χ1n) is 4.57. The van der Waals surface area contributed by atoms with Crippen LogP contribution >= 0.6 is 0 Å². The van der Waals surface area contributed by atoms with Gasteiger partial charge in [-0.3, -0.25) is 4.79 Å². The average Bonchev–Trinajstić information content (AvgIpc) is 2.97. The largest absolute Gasteiger partial charge is 0.508 e. The summed E-state index contributed by atoms with van der Waals surface area (Å²) in [6.45, 7) is 0. The summed E-state index contributed by atoms with van der Waals surface area (Å²) in [7, 11) is 1.39. The summed E-state index contributed by atoms with van der Waals surface area (Å²) >= 11 is 0. The summed E-state index contributed by atoms with van der Waals surface area (Å²) in [5.74, 6) is -0.0132. The van der Waals surface area contributed by atoms with Crippen LogP contribution in [0.4, 0.5) is 0 Å². The Balaban J connectivity index is 2.35. The van der Waals surface area contributed by atoms with Gasteiger partial charge < -0.3 is 9.84 Å². The van der Waals surface area contributed by atoms with Crippen LogP contribution in [-0.4, -0.2) is 18.2 Å². The quantitative estimate of drug-likeness (QED) is 0.724. The molecule has 0 spiro atoms. The van der Waals surface area contributed by atoms with Gasteiger partial charge in [0.05, 0.1) is 12.5 Å². The number of hydrogen-bond acceptors (Lipinski definition) is 3. The maximum absolute atomic E-state index is 11.5. The van der Waals surface area contributed by atoms with Crippen molar-refractivity contribution in [3.63, 3.8) is 0 Å². The smallest absolute Gasteiger partial charge is 0.316 e. The Kier molecular flexibility index (Phi) is 1.95. The maximum Gasteiger partial charge on any atom is 0.316 e. The van der Waals surface area contributed by atoms with Gasteiger partial charge in [0.2, 0.25) is 0 Å². The lowest BCUT2D eigenvalue weighted by molar-refractivity contribution is -0.143. The van der Waals surface area contributed by atoms with Crippen molar-refractivity contribution in [3.05, 3.63) is 29.8 Å². The van der Waals surface area contributed by atoms with Crippen molar-refractivity contribution in [2.75, 3.05) is 7.11 Å². The average molecular weight is 192 g/mol. The van der Waals surface area contributed by atoms with E-state index in [4.69, 9.17) is 4.74 Å². The standard InChI is InChI=1S/C11H12O3/c1-14-10(13)11(5-6-11)8-3-2-4-9(12)7-8/h2-4,7,12H,5-6H2,1H3. The summed E-state index contributed by atoms with van der Waals surface area (Å²) in [5.41, 5.74) is 0.373. The first-order valence-corrected chi connectivity index (χ1v) is 4.57. The van der Waals surface area contributed by atoms with Crippen molar-refractivity contribution in [2.45, 2.75) is 18.3 Å². The second-order valence-corrected chi connectivity index (χ2v) is 3.62. The van der Waals surface area contributed by atoms with Crippen molar-refractivity contribution < 1.29 is 14.6 Å². The van der Waals surface area contributed by atoms with E-state index in [-0.39, 0.29) is 11.7 Å². The molecule has 1 fully saturated rings. The molecule has 0 unspecified atom stereocenters. The van der Waals surface area contributed by atoms with E-state index in [1.807, 2.05) is 6.07 Å². The highest BCUT2D eigenvalue weighted by molar-refractivity contribution is 5.86. The molecule has 1 aliphatic carbocycles. The van der Waals surface area contributed by atoms with Crippen molar-refractivity contribution in [3.8, 4) is 5.75 Å². The fourth-order valence-electron chi connectivity index (χ4n) is 1.73. The number of esters is 1. The molecule has 0 bridgehead atoms. The molecule has 1 aromatic rings. The topological polar surface area (TPSA) is 46.5 Å². The maximum atomic E-state index is 11.5. The zero-order chi connectivity index (χ0) is 10.2. The number of benzene rings is 1. The van der Waals surface area contributed by atoms with Crippen molar-refractivity contribution in [1.29, 1.82) is 0 Å². The summed E-state index contributed by atoms with van der Waals surface area (Å²) in [5, 5.41) is 9.31. The zero-order valence-corrected chi connectivity index (χ0v) is 7.99. The predicted molar refractivity (Wildman–Crippen MR) is 51.0 cm³/mol. The fourth-order valence-corrected chi connectivity index (χ4v) is 1.73. The van der Waals surface area contributed by atoms with Crippen LogP contribution in [-0.2, 0) is 14.9 Å². The van der Waals surface area contributed by atoms with Gasteiger partial charge in [0, 0.05) is 0 Å². The molecule has 0 aromatic heterocycles. The minimum Gasteiger partial charge on any atom is -0.508 e. The third-order valence-corrected chi connectivity index (χ3v) is 2.72. The molecule has 1 N–H and O–H groups in total. The van der Waals surface area contributed by atoms with E-state index in [2.05, 4.69) is 0 Å². The van der Waals surface area contributed by atoms with Gasteiger partial charge in [-0.1, -0.05) is 12.1 Å². The lowest BCUT2D eigenvalue weighted by Crippen LogP contribution is -2.21. The second-order valence-electron chi connectivity index (χ2n) is 3.62. The Bertz CT molecular complexity index is 367. The minimum atomic E-state index is -0.479. The van der Waals surface area contributed by atoms with Crippen LogP contribution in [0.2, 0.25) is 0 Å². The first-order chi connectivity index (χ1) is 6.69. The summed E-state index contributed by atoms with van der Waals surface area (Å²) in [6.07, 6.45) is 1.62. The monoisotopic (exact) mass is 192 g/mol. The number of ether oxygens (including phenoxy) is 1. The van der Waals surface area contributed by atoms with E-state index in [9.17, 15) is 9.90 Å². The molecule has 1 aliphatic rings.